The minimum atomic E-state index is -0.110. The first-order chi connectivity index (χ1) is 9.40. The van der Waals surface area contributed by atoms with Crippen LogP contribution in [0.15, 0.2) is 34.9 Å². The van der Waals surface area contributed by atoms with Crippen molar-refractivity contribution < 1.29 is 4.74 Å². The topological polar surface area (TPSA) is 47.0 Å². The Morgan fingerprint density at radius 1 is 1.15 bits per heavy atom. The molecule has 2 aromatic rings. The Morgan fingerprint density at radius 3 is 2.50 bits per heavy atom. The van der Waals surface area contributed by atoms with Gasteiger partial charge in [-0.25, -0.2) is 9.97 Å². The van der Waals surface area contributed by atoms with Crippen LogP contribution in [0.5, 0.6) is 5.75 Å². The van der Waals surface area contributed by atoms with E-state index in [1.54, 1.807) is 7.11 Å². The van der Waals surface area contributed by atoms with Crippen LogP contribution in [0.3, 0.4) is 0 Å². The Bertz CT molecular complexity index is 608. The van der Waals surface area contributed by atoms with Gasteiger partial charge in [0.2, 0.25) is 0 Å². The molecule has 0 saturated carbocycles. The first-order valence-corrected chi connectivity index (χ1v) is 7.14. The third-order valence-electron chi connectivity index (χ3n) is 2.74. The summed E-state index contributed by atoms with van der Waals surface area (Å²) in [6.45, 7) is 6.25. The summed E-state index contributed by atoms with van der Waals surface area (Å²) in [6.07, 6.45) is 0. The van der Waals surface area contributed by atoms with Crippen LogP contribution < -0.4 is 10.1 Å². The molecule has 1 N–H and O–H groups in total. The number of nitrogens with one attached hydrogen (secondary N) is 1. The van der Waals surface area contributed by atoms with E-state index < -0.39 is 0 Å². The normalized spacial score (nSPS) is 11.2. The van der Waals surface area contributed by atoms with Crippen molar-refractivity contribution in [2.24, 2.45) is 0 Å². The van der Waals surface area contributed by atoms with Crippen LogP contribution in [0.1, 0.15) is 26.6 Å². The van der Waals surface area contributed by atoms with Gasteiger partial charge in [0, 0.05) is 11.5 Å². The number of ether oxygens (including phenoxy) is 1. The molecule has 106 valence electrons. The van der Waals surface area contributed by atoms with E-state index >= 15 is 0 Å². The zero-order valence-corrected chi connectivity index (χ0v) is 13.7. The fourth-order valence-corrected chi connectivity index (χ4v) is 2.09. The first kappa shape index (κ1) is 14.8. The van der Waals surface area contributed by atoms with Crippen LogP contribution in [-0.2, 0) is 5.41 Å². The molecular weight excluding hydrogens is 318 g/mol. The number of rotatable bonds is 3. The smallest absolute Gasteiger partial charge is 0.142 e. The number of para-hydroxylation sites is 2. The number of benzene rings is 1. The molecule has 0 aliphatic heterocycles. The molecule has 0 radical (unpaired) electrons. The van der Waals surface area contributed by atoms with Crippen LogP contribution in [-0.4, -0.2) is 17.1 Å². The van der Waals surface area contributed by atoms with Gasteiger partial charge >= 0.3 is 0 Å². The second-order valence-corrected chi connectivity index (χ2v) is 6.29. The Morgan fingerprint density at radius 2 is 1.85 bits per heavy atom. The number of nitrogens with zero attached hydrogens (tertiary/aromatic N) is 2. The number of anilines is 2. The van der Waals surface area contributed by atoms with Crippen molar-refractivity contribution in [2.75, 3.05) is 12.4 Å². The summed E-state index contributed by atoms with van der Waals surface area (Å²) in [5.41, 5.74) is 0.765. The van der Waals surface area contributed by atoms with Crippen LogP contribution in [0.2, 0.25) is 0 Å². The van der Waals surface area contributed by atoms with E-state index in [9.17, 15) is 0 Å². The Balaban J connectivity index is 2.36. The van der Waals surface area contributed by atoms with Gasteiger partial charge in [0.25, 0.3) is 0 Å². The van der Waals surface area contributed by atoms with E-state index in [4.69, 9.17) is 4.74 Å². The maximum atomic E-state index is 5.33. The fourth-order valence-electron chi connectivity index (χ4n) is 1.70. The first-order valence-electron chi connectivity index (χ1n) is 6.35. The quantitative estimate of drug-likeness (QED) is 0.850. The lowest BCUT2D eigenvalue weighted by Gasteiger charge is -2.18. The molecule has 0 spiro atoms. The van der Waals surface area contributed by atoms with Crippen LogP contribution in [0, 0.1) is 0 Å². The summed E-state index contributed by atoms with van der Waals surface area (Å²) in [5, 5.41) is 3.27. The Labute approximate surface area is 127 Å². The van der Waals surface area contributed by atoms with E-state index in [1.165, 1.54) is 0 Å². The maximum absolute atomic E-state index is 5.33. The van der Waals surface area contributed by atoms with Gasteiger partial charge in [-0.2, -0.15) is 0 Å². The minimum Gasteiger partial charge on any atom is -0.495 e. The van der Waals surface area contributed by atoms with Gasteiger partial charge in [-0.05, 0) is 28.1 Å². The molecule has 1 aromatic carbocycles. The van der Waals surface area contributed by atoms with Gasteiger partial charge in [-0.3, -0.25) is 0 Å². The number of halogens is 1. The molecule has 0 unspecified atom stereocenters. The van der Waals surface area contributed by atoms with E-state index in [1.807, 2.05) is 30.3 Å². The summed E-state index contributed by atoms with van der Waals surface area (Å²) < 4.78 is 6.09. The Hall–Kier alpha value is -1.62. The van der Waals surface area contributed by atoms with Crippen molar-refractivity contribution in [3.05, 3.63) is 40.8 Å². The third kappa shape index (κ3) is 3.48. The van der Waals surface area contributed by atoms with E-state index in [0.29, 0.717) is 0 Å². The highest BCUT2D eigenvalue weighted by Crippen LogP contribution is 2.28. The largest absolute Gasteiger partial charge is 0.495 e. The van der Waals surface area contributed by atoms with Crippen LogP contribution in [0.4, 0.5) is 11.5 Å². The average molecular weight is 336 g/mol. The molecule has 5 heteroatoms. The monoisotopic (exact) mass is 335 g/mol. The summed E-state index contributed by atoms with van der Waals surface area (Å²) >= 11 is 3.43. The average Bonchev–Trinajstić information content (AvgIpc) is 2.37. The van der Waals surface area contributed by atoms with Crippen molar-refractivity contribution in [3.63, 3.8) is 0 Å². The van der Waals surface area contributed by atoms with Crippen molar-refractivity contribution in [1.82, 2.24) is 9.97 Å². The third-order valence-corrected chi connectivity index (χ3v) is 3.14. The zero-order valence-electron chi connectivity index (χ0n) is 12.1. The number of methoxy groups -OCH3 is 1. The van der Waals surface area contributed by atoms with Gasteiger partial charge in [0.05, 0.1) is 12.8 Å². The summed E-state index contributed by atoms with van der Waals surface area (Å²) in [4.78, 5) is 8.99. The van der Waals surface area contributed by atoms with Crippen molar-refractivity contribution in [2.45, 2.75) is 26.2 Å². The molecule has 1 heterocycles. The highest BCUT2D eigenvalue weighted by Gasteiger charge is 2.19. The number of hydrogen-bond donors (Lipinski definition) is 1. The molecule has 0 bridgehead atoms. The fraction of sp³-hybridized carbons (Fsp3) is 0.333. The molecule has 0 fully saturated rings. The van der Waals surface area contributed by atoms with Crippen molar-refractivity contribution >= 4 is 27.4 Å². The molecule has 0 aliphatic carbocycles. The van der Waals surface area contributed by atoms with Crippen molar-refractivity contribution in [3.8, 4) is 5.75 Å². The molecular formula is C15H18BrN3O. The van der Waals surface area contributed by atoms with Gasteiger partial charge < -0.3 is 10.1 Å². The molecule has 0 saturated heterocycles. The van der Waals surface area contributed by atoms with Crippen molar-refractivity contribution in [1.29, 1.82) is 0 Å². The Kier molecular flexibility index (Phi) is 4.28. The number of aromatic nitrogens is 2. The zero-order chi connectivity index (χ0) is 14.8. The summed E-state index contributed by atoms with van der Waals surface area (Å²) in [5.74, 6) is 2.30. The maximum Gasteiger partial charge on any atom is 0.142 e. The second-order valence-electron chi connectivity index (χ2n) is 5.47. The predicted molar refractivity (Wildman–Crippen MR) is 84.7 cm³/mol. The molecule has 20 heavy (non-hydrogen) atoms. The van der Waals surface area contributed by atoms with E-state index in [-0.39, 0.29) is 5.41 Å². The lowest BCUT2D eigenvalue weighted by Crippen LogP contribution is -2.17. The van der Waals surface area contributed by atoms with Gasteiger partial charge in [-0.1, -0.05) is 32.9 Å². The minimum absolute atomic E-state index is 0.110. The van der Waals surface area contributed by atoms with Crippen LogP contribution >= 0.6 is 15.9 Å². The SMILES string of the molecule is COc1ccccc1Nc1cc(Br)nc(C(C)(C)C)n1. The van der Waals surface area contributed by atoms with Gasteiger partial charge in [0.15, 0.2) is 0 Å². The lowest BCUT2D eigenvalue weighted by molar-refractivity contribution is 0.417. The summed E-state index contributed by atoms with van der Waals surface area (Å²) in [7, 11) is 1.65. The molecule has 1 aromatic heterocycles. The summed E-state index contributed by atoms with van der Waals surface area (Å²) in [6, 6.07) is 9.59. The van der Waals surface area contributed by atoms with Gasteiger partial charge in [-0.15, -0.1) is 0 Å². The lowest BCUT2D eigenvalue weighted by atomic mass is 9.96. The van der Waals surface area contributed by atoms with Gasteiger partial charge in [0.1, 0.15) is 22.0 Å². The standard InChI is InChI=1S/C15H18BrN3O/c1-15(2,3)14-18-12(16)9-13(19-14)17-10-7-5-6-8-11(10)20-4/h5-9H,1-4H3,(H,17,18,19). The molecule has 2 rings (SSSR count). The second kappa shape index (κ2) is 5.79. The molecule has 4 nitrogen and oxygen atoms in total. The van der Waals surface area contributed by atoms with Crippen LogP contribution in [0.25, 0.3) is 0 Å². The highest BCUT2D eigenvalue weighted by atomic mass is 79.9. The molecule has 0 amide bonds. The predicted octanol–water partition coefficient (Wildman–Crippen LogP) is 4.29. The number of hydrogen-bond acceptors (Lipinski definition) is 4. The molecule has 0 aliphatic rings. The van der Waals surface area contributed by atoms with E-state index in [0.717, 1.165) is 27.7 Å². The highest BCUT2D eigenvalue weighted by molar-refractivity contribution is 9.10. The van der Waals surface area contributed by atoms with E-state index in [2.05, 4.69) is 52.0 Å². The molecule has 0 atom stereocenters.